The molecule has 2 aromatic heterocycles. The summed E-state index contributed by atoms with van der Waals surface area (Å²) in [4.78, 5) is 0. The number of fused-ring (bicyclic) bond motifs is 2. The number of hydrogen-bond donors (Lipinski definition) is 0. The average Bonchev–Trinajstić information content (AvgIpc) is 2.53. The minimum Gasteiger partial charge on any atom is -0.166 e. The van der Waals surface area contributed by atoms with Crippen LogP contribution in [0.1, 0.15) is 0 Å². The minimum atomic E-state index is 1.23. The van der Waals surface area contributed by atoms with Crippen LogP contribution in [-0.2, 0) is 0 Å². The quantitative estimate of drug-likeness (QED) is 0.354. The zero-order valence-corrected chi connectivity index (χ0v) is 11.0. The van der Waals surface area contributed by atoms with Crippen LogP contribution in [0.15, 0.2) is 85.2 Å². The van der Waals surface area contributed by atoms with Gasteiger partial charge in [-0.25, -0.2) is 0 Å². The Labute approximate surface area is 117 Å². The van der Waals surface area contributed by atoms with Crippen molar-refractivity contribution in [2.75, 3.05) is 0 Å². The molecule has 0 unspecified atom stereocenters. The molecule has 0 fully saturated rings. The van der Waals surface area contributed by atoms with Gasteiger partial charge in [-0.3, -0.25) is 0 Å². The van der Waals surface area contributed by atoms with Gasteiger partial charge in [0.15, 0.2) is 12.4 Å². The van der Waals surface area contributed by atoms with E-state index in [1.165, 1.54) is 27.4 Å². The minimum absolute atomic E-state index is 1.23. The molecular formula is C19H14N+. The molecule has 0 amide bonds. The number of aromatic nitrogens is 1. The molecule has 0 N–H and O–H groups in total. The van der Waals surface area contributed by atoms with Gasteiger partial charge < -0.3 is 0 Å². The van der Waals surface area contributed by atoms with Crippen LogP contribution in [0.4, 0.5) is 0 Å². The number of pyridine rings is 2. The van der Waals surface area contributed by atoms with E-state index in [4.69, 9.17) is 0 Å². The highest BCUT2D eigenvalue weighted by atomic mass is 14.8. The molecule has 4 rings (SSSR count). The van der Waals surface area contributed by atoms with Crippen LogP contribution >= 0.6 is 0 Å². The Kier molecular flexibility index (Phi) is 2.49. The molecule has 20 heavy (non-hydrogen) atoms. The van der Waals surface area contributed by atoms with Gasteiger partial charge in [0, 0.05) is 22.9 Å². The van der Waals surface area contributed by atoms with Gasteiger partial charge >= 0.3 is 0 Å². The lowest BCUT2D eigenvalue weighted by molar-refractivity contribution is -0.509. The summed E-state index contributed by atoms with van der Waals surface area (Å²) in [6.07, 6.45) is 4.30. The van der Waals surface area contributed by atoms with Crippen molar-refractivity contribution >= 4 is 16.3 Å². The smallest absolute Gasteiger partial charge is 0.166 e. The molecule has 1 heteroatoms. The van der Waals surface area contributed by atoms with Crippen molar-refractivity contribution in [2.24, 2.45) is 0 Å². The largest absolute Gasteiger partial charge is 0.219 e. The van der Waals surface area contributed by atoms with Crippen LogP contribution in [0.2, 0.25) is 0 Å². The Morgan fingerprint density at radius 1 is 0.650 bits per heavy atom. The summed E-state index contributed by atoms with van der Waals surface area (Å²) in [5, 5.41) is 2.56. The molecule has 4 aromatic rings. The SMILES string of the molecule is c1ccc(-c2c3ccccc3c[n+]3ccccc23)cc1. The van der Waals surface area contributed by atoms with Gasteiger partial charge in [-0.15, -0.1) is 0 Å². The van der Waals surface area contributed by atoms with Crippen LogP contribution in [-0.4, -0.2) is 0 Å². The van der Waals surface area contributed by atoms with Gasteiger partial charge in [-0.2, -0.15) is 4.40 Å². The second-order valence-electron chi connectivity index (χ2n) is 4.95. The van der Waals surface area contributed by atoms with Crippen molar-refractivity contribution in [3.05, 3.63) is 85.2 Å². The normalized spacial score (nSPS) is 11.0. The van der Waals surface area contributed by atoms with E-state index < -0.39 is 0 Å². The van der Waals surface area contributed by atoms with Crippen molar-refractivity contribution in [2.45, 2.75) is 0 Å². The summed E-state index contributed by atoms with van der Waals surface area (Å²) in [6, 6.07) is 25.5. The Morgan fingerprint density at radius 2 is 1.40 bits per heavy atom. The highest BCUT2D eigenvalue weighted by Gasteiger charge is 2.14. The molecule has 0 aliphatic carbocycles. The van der Waals surface area contributed by atoms with Gasteiger partial charge in [-0.1, -0.05) is 48.5 Å². The van der Waals surface area contributed by atoms with Crippen molar-refractivity contribution in [1.82, 2.24) is 0 Å². The molecule has 0 saturated heterocycles. The predicted molar refractivity (Wildman–Crippen MR) is 82.5 cm³/mol. The monoisotopic (exact) mass is 256 g/mol. The van der Waals surface area contributed by atoms with E-state index in [-0.39, 0.29) is 0 Å². The number of hydrogen-bond acceptors (Lipinski definition) is 0. The van der Waals surface area contributed by atoms with Crippen LogP contribution < -0.4 is 4.40 Å². The Bertz CT molecular complexity index is 841. The maximum Gasteiger partial charge on any atom is 0.219 e. The molecule has 0 bridgehead atoms. The molecule has 2 heterocycles. The van der Waals surface area contributed by atoms with Crippen LogP contribution in [0, 0.1) is 0 Å². The van der Waals surface area contributed by atoms with E-state index in [9.17, 15) is 0 Å². The Balaban J connectivity index is 2.24. The molecule has 1 nitrogen and oxygen atoms in total. The second kappa shape index (κ2) is 4.46. The van der Waals surface area contributed by atoms with E-state index in [0.29, 0.717) is 0 Å². The molecule has 94 valence electrons. The first-order chi connectivity index (χ1) is 9.93. The van der Waals surface area contributed by atoms with Crippen LogP contribution in [0.3, 0.4) is 0 Å². The van der Waals surface area contributed by atoms with Crippen LogP contribution in [0.25, 0.3) is 27.4 Å². The van der Waals surface area contributed by atoms with E-state index in [1.54, 1.807) is 0 Å². The topological polar surface area (TPSA) is 4.10 Å². The lowest BCUT2D eigenvalue weighted by Crippen LogP contribution is -2.21. The highest BCUT2D eigenvalue weighted by Crippen LogP contribution is 2.30. The third kappa shape index (κ3) is 1.68. The molecule has 0 spiro atoms. The Morgan fingerprint density at radius 3 is 2.30 bits per heavy atom. The predicted octanol–water partition coefficient (Wildman–Crippen LogP) is 4.25. The summed E-state index contributed by atoms with van der Waals surface area (Å²) < 4.78 is 2.20. The van der Waals surface area contributed by atoms with Gasteiger partial charge in [0.1, 0.15) is 0 Å². The first-order valence-electron chi connectivity index (χ1n) is 6.81. The van der Waals surface area contributed by atoms with Crippen molar-refractivity contribution < 1.29 is 4.40 Å². The van der Waals surface area contributed by atoms with Gasteiger partial charge in [-0.05, 0) is 17.7 Å². The maximum absolute atomic E-state index is 2.20. The zero-order valence-electron chi connectivity index (χ0n) is 11.0. The molecular weight excluding hydrogens is 242 g/mol. The summed E-state index contributed by atoms with van der Waals surface area (Å²) in [7, 11) is 0. The first-order valence-corrected chi connectivity index (χ1v) is 6.81. The van der Waals surface area contributed by atoms with E-state index in [1.807, 2.05) is 0 Å². The lowest BCUT2D eigenvalue weighted by atomic mass is 9.98. The fourth-order valence-corrected chi connectivity index (χ4v) is 2.81. The van der Waals surface area contributed by atoms with Crippen molar-refractivity contribution in [3.8, 4) is 11.1 Å². The van der Waals surface area contributed by atoms with E-state index in [2.05, 4.69) is 89.6 Å². The number of benzene rings is 2. The lowest BCUT2D eigenvalue weighted by Gasteiger charge is -2.06. The summed E-state index contributed by atoms with van der Waals surface area (Å²) in [5.74, 6) is 0. The summed E-state index contributed by atoms with van der Waals surface area (Å²) in [5.41, 5.74) is 3.79. The molecule has 0 aliphatic heterocycles. The van der Waals surface area contributed by atoms with E-state index >= 15 is 0 Å². The second-order valence-corrected chi connectivity index (χ2v) is 4.95. The number of rotatable bonds is 1. The summed E-state index contributed by atoms with van der Waals surface area (Å²) >= 11 is 0. The molecule has 2 aromatic carbocycles. The van der Waals surface area contributed by atoms with Crippen LogP contribution in [0.5, 0.6) is 0 Å². The summed E-state index contributed by atoms with van der Waals surface area (Å²) in [6.45, 7) is 0. The third-order valence-electron chi connectivity index (χ3n) is 3.72. The molecule has 0 aliphatic rings. The number of nitrogens with zero attached hydrogens (tertiary/aromatic N) is 1. The first kappa shape index (κ1) is 11.2. The maximum atomic E-state index is 2.20. The zero-order chi connectivity index (χ0) is 13.4. The highest BCUT2D eigenvalue weighted by molar-refractivity contribution is 6.01. The Hall–Kier alpha value is -2.67. The standard InChI is InChI=1S/C19H14N/c1-2-8-15(9-3-1)19-17-11-5-4-10-16(17)14-20-13-7-6-12-18(19)20/h1-14H/q+1. The molecule has 0 saturated carbocycles. The third-order valence-corrected chi connectivity index (χ3v) is 3.72. The average molecular weight is 256 g/mol. The van der Waals surface area contributed by atoms with Gasteiger partial charge in [0.25, 0.3) is 0 Å². The fraction of sp³-hybridized carbons (Fsp3) is 0. The molecule has 0 radical (unpaired) electrons. The molecule has 0 atom stereocenters. The van der Waals surface area contributed by atoms with Gasteiger partial charge in [0.2, 0.25) is 5.52 Å². The van der Waals surface area contributed by atoms with Crippen molar-refractivity contribution in [3.63, 3.8) is 0 Å². The fourth-order valence-electron chi connectivity index (χ4n) is 2.81. The van der Waals surface area contributed by atoms with Crippen molar-refractivity contribution in [1.29, 1.82) is 0 Å². The van der Waals surface area contributed by atoms with E-state index in [0.717, 1.165) is 0 Å². The van der Waals surface area contributed by atoms with Gasteiger partial charge in [0.05, 0.1) is 5.56 Å².